The number of likely N-dealkylation sites (tertiary alicyclic amines) is 1. The van der Waals surface area contributed by atoms with Gasteiger partial charge in [-0.25, -0.2) is 4.68 Å². The fourth-order valence-corrected chi connectivity index (χ4v) is 2.88. The van der Waals surface area contributed by atoms with Crippen molar-refractivity contribution in [2.24, 2.45) is 0 Å². The van der Waals surface area contributed by atoms with Crippen LogP contribution in [0.2, 0.25) is 0 Å². The Morgan fingerprint density at radius 1 is 1.47 bits per heavy atom. The number of hydrogen-bond donors (Lipinski definition) is 0. The number of carbonyl (C=O) groups is 1. The molecule has 9 heteroatoms. The van der Waals surface area contributed by atoms with Crippen molar-refractivity contribution < 1.29 is 14.3 Å². The van der Waals surface area contributed by atoms with E-state index in [4.69, 9.17) is 9.47 Å². The second-order valence-electron chi connectivity index (χ2n) is 4.20. The molecule has 1 aromatic heterocycles. The van der Waals surface area contributed by atoms with Gasteiger partial charge in [0.1, 0.15) is 0 Å². The zero-order valence-electron chi connectivity index (χ0n) is 11.1. The largest absolute Gasteiger partial charge is 0.354 e. The minimum Gasteiger partial charge on any atom is -0.354 e. The zero-order chi connectivity index (χ0) is 13.8. The van der Waals surface area contributed by atoms with E-state index < -0.39 is 6.29 Å². The minimum atomic E-state index is -0.412. The third-order valence-electron chi connectivity index (χ3n) is 2.97. The lowest BCUT2D eigenvalue weighted by molar-refractivity contribution is -0.126. The summed E-state index contributed by atoms with van der Waals surface area (Å²) in [7, 11) is 4.92. The lowest BCUT2D eigenvalue weighted by atomic mass is 10.4. The Bertz CT molecular complexity index is 437. The molecule has 106 valence electrons. The number of methoxy groups -OCH3 is 2. The first-order valence-electron chi connectivity index (χ1n) is 5.89. The third kappa shape index (κ3) is 3.23. The maximum atomic E-state index is 11.9. The van der Waals surface area contributed by atoms with Gasteiger partial charge < -0.3 is 14.4 Å². The number of amides is 1. The predicted molar refractivity (Wildman–Crippen MR) is 67.5 cm³/mol. The van der Waals surface area contributed by atoms with Crippen molar-refractivity contribution in [3.63, 3.8) is 0 Å². The average molecular weight is 287 g/mol. The Labute approximate surface area is 115 Å². The summed E-state index contributed by atoms with van der Waals surface area (Å²) in [6.45, 7) is 1.16. The summed E-state index contributed by atoms with van der Waals surface area (Å²) < 4.78 is 11.8. The number of thioether (sulfide) groups is 1. The summed E-state index contributed by atoms with van der Waals surface area (Å²) in [5.74, 6) is 0.120. The van der Waals surface area contributed by atoms with Crippen molar-refractivity contribution >= 4 is 17.7 Å². The molecule has 1 aromatic rings. The number of rotatable bonds is 6. The van der Waals surface area contributed by atoms with E-state index in [0.29, 0.717) is 11.7 Å². The monoisotopic (exact) mass is 287 g/mol. The van der Waals surface area contributed by atoms with E-state index in [1.165, 1.54) is 11.8 Å². The van der Waals surface area contributed by atoms with Crippen LogP contribution < -0.4 is 0 Å². The van der Waals surface area contributed by atoms with Crippen molar-refractivity contribution in [2.75, 3.05) is 27.8 Å². The summed E-state index contributed by atoms with van der Waals surface area (Å²) in [6.07, 6.45) is 0.398. The van der Waals surface area contributed by atoms with Crippen LogP contribution in [0, 0.1) is 0 Å². The quantitative estimate of drug-likeness (QED) is 0.659. The maximum absolute atomic E-state index is 11.9. The molecule has 8 nitrogen and oxygen atoms in total. The van der Waals surface area contributed by atoms with Crippen LogP contribution in [0.15, 0.2) is 5.16 Å². The highest BCUT2D eigenvalue weighted by Gasteiger charge is 2.31. The SMILES string of the molecule is COC(Cn1nnnc1SC1CCN(C)C1=O)OC. The Morgan fingerprint density at radius 3 is 2.79 bits per heavy atom. The molecule has 0 N–H and O–H groups in total. The molecule has 1 unspecified atom stereocenters. The highest BCUT2D eigenvalue weighted by atomic mass is 32.2. The molecule has 2 heterocycles. The van der Waals surface area contributed by atoms with E-state index in [-0.39, 0.29) is 11.2 Å². The van der Waals surface area contributed by atoms with Crippen LogP contribution in [0.25, 0.3) is 0 Å². The molecule has 1 aliphatic rings. The molecule has 0 spiro atoms. The lowest BCUT2D eigenvalue weighted by Gasteiger charge is -2.14. The van der Waals surface area contributed by atoms with Gasteiger partial charge >= 0.3 is 0 Å². The number of carbonyl (C=O) groups excluding carboxylic acids is 1. The van der Waals surface area contributed by atoms with Gasteiger partial charge in [0, 0.05) is 27.8 Å². The normalized spacial score (nSPS) is 19.7. The summed E-state index contributed by atoms with van der Waals surface area (Å²) in [6, 6.07) is 0. The van der Waals surface area contributed by atoms with Gasteiger partial charge in [-0.05, 0) is 16.8 Å². The van der Waals surface area contributed by atoms with Crippen LogP contribution >= 0.6 is 11.8 Å². The molecular weight excluding hydrogens is 270 g/mol. The van der Waals surface area contributed by atoms with Crippen molar-refractivity contribution in [2.45, 2.75) is 29.7 Å². The molecular formula is C10H17N5O3S. The van der Waals surface area contributed by atoms with E-state index >= 15 is 0 Å². The molecule has 0 radical (unpaired) electrons. The highest BCUT2D eigenvalue weighted by Crippen LogP contribution is 2.28. The van der Waals surface area contributed by atoms with Gasteiger partial charge in [-0.1, -0.05) is 11.8 Å². The number of ether oxygens (including phenoxy) is 2. The van der Waals surface area contributed by atoms with Gasteiger partial charge in [0.15, 0.2) is 6.29 Å². The Balaban J connectivity index is 2.01. The summed E-state index contributed by atoms with van der Waals surface area (Å²) in [5.41, 5.74) is 0. The number of nitrogens with zero attached hydrogens (tertiary/aromatic N) is 5. The first kappa shape index (κ1) is 14.2. The Kier molecular flexibility index (Phi) is 4.72. The van der Waals surface area contributed by atoms with Crippen molar-refractivity contribution in [3.05, 3.63) is 0 Å². The fourth-order valence-electron chi connectivity index (χ4n) is 1.81. The van der Waals surface area contributed by atoms with Crippen molar-refractivity contribution in [1.29, 1.82) is 0 Å². The molecule has 1 atom stereocenters. The number of aromatic nitrogens is 4. The van der Waals surface area contributed by atoms with E-state index in [1.807, 2.05) is 0 Å². The Hall–Kier alpha value is -1.19. The summed E-state index contributed by atoms with van der Waals surface area (Å²) in [4.78, 5) is 13.6. The van der Waals surface area contributed by atoms with E-state index in [9.17, 15) is 4.79 Å². The van der Waals surface area contributed by atoms with Gasteiger partial charge in [-0.3, -0.25) is 4.79 Å². The first-order valence-corrected chi connectivity index (χ1v) is 6.77. The first-order chi connectivity index (χ1) is 9.15. The number of hydrogen-bond acceptors (Lipinski definition) is 7. The Morgan fingerprint density at radius 2 is 2.21 bits per heavy atom. The van der Waals surface area contributed by atoms with E-state index in [0.717, 1.165) is 13.0 Å². The number of tetrazole rings is 1. The average Bonchev–Trinajstić information content (AvgIpc) is 2.98. The second kappa shape index (κ2) is 6.31. The third-order valence-corrected chi connectivity index (χ3v) is 4.20. The van der Waals surface area contributed by atoms with Crippen molar-refractivity contribution in [3.8, 4) is 0 Å². The van der Waals surface area contributed by atoms with Gasteiger partial charge in [-0.2, -0.15) is 0 Å². The molecule has 2 rings (SSSR count). The van der Waals surface area contributed by atoms with Crippen LogP contribution in [0.3, 0.4) is 0 Å². The molecule has 1 aliphatic heterocycles. The molecule has 1 fully saturated rings. The molecule has 0 bridgehead atoms. The van der Waals surface area contributed by atoms with Crippen molar-refractivity contribution in [1.82, 2.24) is 25.1 Å². The van der Waals surface area contributed by atoms with Crippen LogP contribution in [-0.4, -0.2) is 70.4 Å². The predicted octanol–water partition coefficient (Wildman–Crippen LogP) is -0.385. The molecule has 19 heavy (non-hydrogen) atoms. The molecule has 1 amide bonds. The molecule has 0 saturated carbocycles. The maximum Gasteiger partial charge on any atom is 0.235 e. The topological polar surface area (TPSA) is 82.4 Å². The summed E-state index contributed by atoms with van der Waals surface area (Å²) in [5, 5.41) is 12.0. The van der Waals surface area contributed by atoms with Gasteiger partial charge in [0.2, 0.25) is 11.1 Å². The van der Waals surface area contributed by atoms with E-state index in [1.54, 1.807) is 30.8 Å². The van der Waals surface area contributed by atoms with Gasteiger partial charge in [0.25, 0.3) is 0 Å². The van der Waals surface area contributed by atoms with Gasteiger partial charge in [0.05, 0.1) is 11.8 Å². The van der Waals surface area contributed by atoms with Crippen LogP contribution in [0.1, 0.15) is 6.42 Å². The minimum absolute atomic E-state index is 0.113. The second-order valence-corrected chi connectivity index (χ2v) is 5.37. The van der Waals surface area contributed by atoms with Gasteiger partial charge in [-0.15, -0.1) is 5.10 Å². The standard InChI is InChI=1S/C10H17N5O3S/c1-14-5-4-7(9(14)16)19-10-11-12-13-15(10)6-8(17-2)18-3/h7-8H,4-6H2,1-3H3. The van der Waals surface area contributed by atoms with E-state index in [2.05, 4.69) is 15.5 Å². The smallest absolute Gasteiger partial charge is 0.235 e. The zero-order valence-corrected chi connectivity index (χ0v) is 12.0. The summed E-state index contributed by atoms with van der Waals surface area (Å²) >= 11 is 1.38. The highest BCUT2D eigenvalue weighted by molar-refractivity contribution is 8.00. The lowest BCUT2D eigenvalue weighted by Crippen LogP contribution is -2.25. The fraction of sp³-hybridized carbons (Fsp3) is 0.800. The van der Waals surface area contributed by atoms with Crippen LogP contribution in [0.4, 0.5) is 0 Å². The molecule has 1 saturated heterocycles. The van der Waals surface area contributed by atoms with Crippen LogP contribution in [0.5, 0.6) is 0 Å². The van der Waals surface area contributed by atoms with Crippen LogP contribution in [-0.2, 0) is 20.8 Å². The molecule has 0 aromatic carbocycles. The molecule has 0 aliphatic carbocycles.